The van der Waals surface area contributed by atoms with Crippen LogP contribution in [0.4, 0.5) is 10.1 Å². The van der Waals surface area contributed by atoms with Gasteiger partial charge in [0.25, 0.3) is 0 Å². The van der Waals surface area contributed by atoms with Crippen LogP contribution in [0.25, 0.3) is 0 Å². The number of carbonyl (C=O) groups is 1. The number of benzene rings is 2. The highest BCUT2D eigenvalue weighted by Crippen LogP contribution is 2.39. The zero-order chi connectivity index (χ0) is 15.4. The second-order valence-electron chi connectivity index (χ2n) is 6.05. The number of carbonyl (C=O) groups excluding carboxylic acids is 1. The van der Waals surface area contributed by atoms with E-state index in [0.29, 0.717) is 23.9 Å². The Morgan fingerprint density at radius 2 is 1.77 bits per heavy atom. The van der Waals surface area contributed by atoms with Gasteiger partial charge in [0.05, 0.1) is 0 Å². The summed E-state index contributed by atoms with van der Waals surface area (Å²) in [6.07, 6.45) is 3.86. The predicted octanol–water partition coefficient (Wildman–Crippen LogP) is 4.74. The Labute approximate surface area is 130 Å². The maximum atomic E-state index is 12.8. The van der Waals surface area contributed by atoms with Crippen LogP contribution in [0.5, 0.6) is 0 Å². The lowest BCUT2D eigenvalue weighted by Crippen LogP contribution is -2.15. The summed E-state index contributed by atoms with van der Waals surface area (Å²) >= 11 is 0. The standard InChI is InChI=1S/C19H20FNO/c20-17-8-10-18(11-9-17)21-19(22)13-14-6-7-16(12-14)15-4-2-1-3-5-15/h1-5,8-11,14,16H,6-7,12-13H2,(H,21,22)/t14-,16+/m1/s1. The number of amides is 1. The van der Waals surface area contributed by atoms with Crippen LogP contribution in [0.3, 0.4) is 0 Å². The third-order valence-electron chi connectivity index (χ3n) is 4.41. The summed E-state index contributed by atoms with van der Waals surface area (Å²) < 4.78 is 12.8. The Kier molecular flexibility index (Phi) is 4.52. The van der Waals surface area contributed by atoms with Crippen molar-refractivity contribution in [2.45, 2.75) is 31.6 Å². The first-order valence-corrected chi connectivity index (χ1v) is 7.81. The molecule has 1 N–H and O–H groups in total. The monoisotopic (exact) mass is 297 g/mol. The molecule has 114 valence electrons. The summed E-state index contributed by atoms with van der Waals surface area (Å²) in [5, 5.41) is 2.85. The van der Waals surface area contributed by atoms with Gasteiger partial charge >= 0.3 is 0 Å². The topological polar surface area (TPSA) is 29.1 Å². The van der Waals surface area contributed by atoms with Gasteiger partial charge in [-0.2, -0.15) is 0 Å². The van der Waals surface area contributed by atoms with Crippen molar-refractivity contribution in [1.82, 2.24) is 0 Å². The lowest BCUT2D eigenvalue weighted by atomic mass is 9.95. The number of rotatable bonds is 4. The molecule has 0 bridgehead atoms. The van der Waals surface area contributed by atoms with Crippen LogP contribution < -0.4 is 5.32 Å². The third kappa shape index (κ3) is 3.73. The first kappa shape index (κ1) is 14.8. The normalized spacial score (nSPS) is 20.8. The van der Waals surface area contributed by atoms with Gasteiger partial charge in [-0.25, -0.2) is 4.39 Å². The molecule has 0 heterocycles. The molecule has 3 rings (SSSR count). The molecule has 0 spiro atoms. The van der Waals surface area contributed by atoms with Crippen molar-refractivity contribution in [2.24, 2.45) is 5.92 Å². The van der Waals surface area contributed by atoms with Gasteiger partial charge in [-0.15, -0.1) is 0 Å². The predicted molar refractivity (Wildman–Crippen MR) is 86.2 cm³/mol. The molecule has 2 nitrogen and oxygen atoms in total. The van der Waals surface area contributed by atoms with Gasteiger partial charge in [0, 0.05) is 12.1 Å². The van der Waals surface area contributed by atoms with E-state index >= 15 is 0 Å². The minimum absolute atomic E-state index is 0.0188. The van der Waals surface area contributed by atoms with Crippen molar-refractivity contribution < 1.29 is 9.18 Å². The van der Waals surface area contributed by atoms with Crippen molar-refractivity contribution >= 4 is 11.6 Å². The first-order chi connectivity index (χ1) is 10.7. The molecule has 2 atom stereocenters. The molecule has 1 amide bonds. The van der Waals surface area contributed by atoms with E-state index in [1.165, 1.54) is 17.7 Å². The summed E-state index contributed by atoms with van der Waals surface area (Å²) in [5.74, 6) is 0.736. The Morgan fingerprint density at radius 3 is 2.50 bits per heavy atom. The van der Waals surface area contributed by atoms with Gasteiger partial charge in [-0.3, -0.25) is 4.79 Å². The Balaban J connectivity index is 1.51. The molecule has 22 heavy (non-hydrogen) atoms. The highest BCUT2D eigenvalue weighted by atomic mass is 19.1. The molecule has 1 aliphatic carbocycles. The van der Waals surface area contributed by atoms with E-state index in [4.69, 9.17) is 0 Å². The van der Waals surface area contributed by atoms with Crippen molar-refractivity contribution in [3.8, 4) is 0 Å². The number of hydrogen-bond acceptors (Lipinski definition) is 1. The average Bonchev–Trinajstić information content (AvgIpc) is 2.99. The Morgan fingerprint density at radius 1 is 1.05 bits per heavy atom. The maximum absolute atomic E-state index is 12.8. The lowest BCUT2D eigenvalue weighted by Gasteiger charge is -2.12. The maximum Gasteiger partial charge on any atom is 0.224 e. The summed E-state index contributed by atoms with van der Waals surface area (Å²) in [6, 6.07) is 16.4. The molecule has 2 aromatic carbocycles. The van der Waals surface area contributed by atoms with E-state index in [1.807, 2.05) is 6.07 Å². The highest BCUT2D eigenvalue weighted by Gasteiger charge is 2.27. The van der Waals surface area contributed by atoms with Crippen molar-refractivity contribution in [1.29, 1.82) is 0 Å². The van der Waals surface area contributed by atoms with E-state index in [9.17, 15) is 9.18 Å². The fourth-order valence-electron chi connectivity index (χ4n) is 3.30. The minimum Gasteiger partial charge on any atom is -0.326 e. The van der Waals surface area contributed by atoms with E-state index in [1.54, 1.807) is 12.1 Å². The Bertz CT molecular complexity index is 624. The SMILES string of the molecule is O=C(C[C@@H]1CC[C@H](c2ccccc2)C1)Nc1ccc(F)cc1. The average molecular weight is 297 g/mol. The molecule has 2 aromatic rings. The molecule has 0 radical (unpaired) electrons. The van der Waals surface area contributed by atoms with Crippen LogP contribution >= 0.6 is 0 Å². The van der Waals surface area contributed by atoms with E-state index < -0.39 is 0 Å². The van der Waals surface area contributed by atoms with Gasteiger partial charge in [0.2, 0.25) is 5.91 Å². The summed E-state index contributed by atoms with van der Waals surface area (Å²) in [7, 11) is 0. The zero-order valence-corrected chi connectivity index (χ0v) is 12.5. The van der Waals surface area contributed by atoms with Crippen LogP contribution in [-0.2, 0) is 4.79 Å². The van der Waals surface area contributed by atoms with E-state index in [0.717, 1.165) is 19.3 Å². The van der Waals surface area contributed by atoms with Gasteiger partial charge in [-0.1, -0.05) is 30.3 Å². The molecular formula is C19H20FNO. The molecule has 0 unspecified atom stereocenters. The van der Waals surface area contributed by atoms with Crippen LogP contribution in [0.15, 0.2) is 54.6 Å². The van der Waals surface area contributed by atoms with E-state index in [-0.39, 0.29) is 11.7 Å². The van der Waals surface area contributed by atoms with Crippen LogP contribution in [0.2, 0.25) is 0 Å². The second kappa shape index (κ2) is 6.73. The van der Waals surface area contributed by atoms with Gasteiger partial charge in [-0.05, 0) is 60.9 Å². The number of halogens is 1. The number of anilines is 1. The quantitative estimate of drug-likeness (QED) is 0.867. The number of hydrogen-bond donors (Lipinski definition) is 1. The molecule has 0 aliphatic heterocycles. The molecule has 1 fully saturated rings. The van der Waals surface area contributed by atoms with Crippen LogP contribution in [0, 0.1) is 11.7 Å². The fourth-order valence-corrected chi connectivity index (χ4v) is 3.30. The molecule has 3 heteroatoms. The van der Waals surface area contributed by atoms with E-state index in [2.05, 4.69) is 29.6 Å². The smallest absolute Gasteiger partial charge is 0.224 e. The largest absolute Gasteiger partial charge is 0.326 e. The van der Waals surface area contributed by atoms with Crippen LogP contribution in [0.1, 0.15) is 37.2 Å². The number of nitrogens with one attached hydrogen (secondary N) is 1. The Hall–Kier alpha value is -2.16. The highest BCUT2D eigenvalue weighted by molar-refractivity contribution is 5.90. The molecule has 0 aromatic heterocycles. The van der Waals surface area contributed by atoms with Crippen molar-refractivity contribution in [2.75, 3.05) is 5.32 Å². The second-order valence-corrected chi connectivity index (χ2v) is 6.05. The van der Waals surface area contributed by atoms with Gasteiger partial charge in [0.1, 0.15) is 5.82 Å². The van der Waals surface area contributed by atoms with Gasteiger partial charge < -0.3 is 5.32 Å². The molecular weight excluding hydrogens is 277 g/mol. The minimum atomic E-state index is -0.292. The molecule has 1 aliphatic rings. The van der Waals surface area contributed by atoms with Crippen LogP contribution in [-0.4, -0.2) is 5.91 Å². The molecule has 0 saturated heterocycles. The third-order valence-corrected chi connectivity index (χ3v) is 4.41. The fraction of sp³-hybridized carbons (Fsp3) is 0.316. The lowest BCUT2D eigenvalue weighted by molar-refractivity contribution is -0.117. The first-order valence-electron chi connectivity index (χ1n) is 7.81. The van der Waals surface area contributed by atoms with Crippen molar-refractivity contribution in [3.63, 3.8) is 0 Å². The summed E-state index contributed by atoms with van der Waals surface area (Å²) in [6.45, 7) is 0. The zero-order valence-electron chi connectivity index (χ0n) is 12.5. The summed E-state index contributed by atoms with van der Waals surface area (Å²) in [4.78, 5) is 12.1. The summed E-state index contributed by atoms with van der Waals surface area (Å²) in [5.41, 5.74) is 2.04. The van der Waals surface area contributed by atoms with Gasteiger partial charge in [0.15, 0.2) is 0 Å². The molecule has 1 saturated carbocycles. The van der Waals surface area contributed by atoms with Crippen molar-refractivity contribution in [3.05, 3.63) is 66.0 Å².